The van der Waals surface area contributed by atoms with Crippen LogP contribution < -0.4 is 10.2 Å². The highest BCUT2D eigenvalue weighted by atomic mass is 16.6. The molecule has 2 amide bonds. The van der Waals surface area contributed by atoms with E-state index in [4.69, 9.17) is 4.74 Å². The summed E-state index contributed by atoms with van der Waals surface area (Å²) in [7, 11) is 0. The van der Waals surface area contributed by atoms with E-state index in [1.54, 1.807) is 17.0 Å². The maximum Gasteiger partial charge on any atom is 0.338 e. The smallest absolute Gasteiger partial charge is 0.338 e. The molecule has 0 saturated carbocycles. The Morgan fingerprint density at radius 1 is 1.11 bits per heavy atom. The van der Waals surface area contributed by atoms with Gasteiger partial charge in [-0.1, -0.05) is 0 Å². The predicted octanol–water partition coefficient (Wildman–Crippen LogP) is 2.52. The van der Waals surface area contributed by atoms with Gasteiger partial charge in [0, 0.05) is 36.5 Å². The fourth-order valence-corrected chi connectivity index (χ4v) is 2.78. The molecule has 0 aliphatic carbocycles. The molecule has 144 valence electrons. The monoisotopic (exact) mass is 383 g/mol. The molecule has 0 bridgehead atoms. The van der Waals surface area contributed by atoms with Gasteiger partial charge in [0.1, 0.15) is 0 Å². The van der Waals surface area contributed by atoms with Crippen LogP contribution >= 0.6 is 0 Å². The van der Waals surface area contributed by atoms with Crippen LogP contribution in [-0.2, 0) is 14.3 Å². The molecule has 0 spiro atoms. The van der Waals surface area contributed by atoms with Crippen LogP contribution in [0.5, 0.6) is 0 Å². The Hall–Kier alpha value is -3.75. The molecule has 1 N–H and O–H groups in total. The summed E-state index contributed by atoms with van der Waals surface area (Å²) in [6.07, 6.45) is 1.33. The first-order valence-corrected chi connectivity index (χ1v) is 8.56. The van der Waals surface area contributed by atoms with E-state index in [1.807, 2.05) is 0 Å². The van der Waals surface area contributed by atoms with Crippen LogP contribution in [0.1, 0.15) is 23.2 Å². The number of non-ortho nitro benzene ring substituents is 1. The summed E-state index contributed by atoms with van der Waals surface area (Å²) in [5.41, 5.74) is 1.24. The highest BCUT2D eigenvalue weighted by molar-refractivity contribution is 5.97. The first-order valence-electron chi connectivity index (χ1n) is 8.56. The minimum Gasteiger partial charge on any atom is -0.452 e. The number of nitro groups is 1. The number of nitrogens with zero attached hydrogens (tertiary/aromatic N) is 2. The molecule has 0 atom stereocenters. The number of esters is 1. The van der Waals surface area contributed by atoms with Gasteiger partial charge in [-0.15, -0.1) is 0 Å². The average Bonchev–Trinajstić information content (AvgIpc) is 3.12. The summed E-state index contributed by atoms with van der Waals surface area (Å²) in [5.74, 6) is -1.18. The number of hydrogen-bond donors (Lipinski definition) is 1. The van der Waals surface area contributed by atoms with E-state index in [-0.39, 0.29) is 17.2 Å². The Kier molecular flexibility index (Phi) is 5.64. The highest BCUT2D eigenvalue weighted by Gasteiger charge is 2.22. The van der Waals surface area contributed by atoms with E-state index in [2.05, 4.69) is 5.32 Å². The van der Waals surface area contributed by atoms with Crippen LogP contribution in [-0.4, -0.2) is 35.9 Å². The van der Waals surface area contributed by atoms with Gasteiger partial charge in [0.2, 0.25) is 5.91 Å². The van der Waals surface area contributed by atoms with Crippen LogP contribution in [0.2, 0.25) is 0 Å². The number of hydrogen-bond acceptors (Lipinski definition) is 6. The summed E-state index contributed by atoms with van der Waals surface area (Å²) >= 11 is 0. The highest BCUT2D eigenvalue weighted by Crippen LogP contribution is 2.22. The molecular weight excluding hydrogens is 366 g/mol. The molecule has 28 heavy (non-hydrogen) atoms. The van der Waals surface area contributed by atoms with Crippen molar-refractivity contribution in [2.75, 3.05) is 23.4 Å². The normalized spacial score (nSPS) is 13.3. The molecule has 1 heterocycles. The Balaban J connectivity index is 1.51. The third-order valence-corrected chi connectivity index (χ3v) is 4.18. The van der Waals surface area contributed by atoms with Gasteiger partial charge in [-0.3, -0.25) is 19.7 Å². The summed E-state index contributed by atoms with van der Waals surface area (Å²) < 4.78 is 4.97. The Labute approximate surface area is 160 Å². The van der Waals surface area contributed by atoms with Crippen molar-refractivity contribution < 1.29 is 24.0 Å². The molecule has 9 nitrogen and oxygen atoms in total. The number of rotatable bonds is 6. The van der Waals surface area contributed by atoms with Crippen LogP contribution in [0.25, 0.3) is 0 Å². The van der Waals surface area contributed by atoms with Crippen LogP contribution in [0.4, 0.5) is 17.1 Å². The number of nitro benzene ring substituents is 1. The van der Waals surface area contributed by atoms with Crippen molar-refractivity contribution in [3.8, 4) is 0 Å². The molecule has 1 fully saturated rings. The number of nitrogens with one attached hydrogen (secondary N) is 1. The van der Waals surface area contributed by atoms with Crippen molar-refractivity contribution in [3.05, 3.63) is 64.2 Å². The molecule has 0 unspecified atom stereocenters. The zero-order valence-corrected chi connectivity index (χ0v) is 14.8. The molecule has 2 aromatic rings. The van der Waals surface area contributed by atoms with Gasteiger partial charge in [-0.05, 0) is 42.8 Å². The number of carbonyl (C=O) groups is 3. The van der Waals surface area contributed by atoms with Crippen molar-refractivity contribution in [1.82, 2.24) is 0 Å². The maximum absolute atomic E-state index is 12.1. The van der Waals surface area contributed by atoms with E-state index < -0.39 is 23.4 Å². The summed E-state index contributed by atoms with van der Waals surface area (Å²) in [5, 5.41) is 13.1. The van der Waals surface area contributed by atoms with Gasteiger partial charge in [0.05, 0.1) is 10.5 Å². The van der Waals surface area contributed by atoms with E-state index in [0.29, 0.717) is 18.7 Å². The van der Waals surface area contributed by atoms with E-state index in [0.717, 1.165) is 12.1 Å². The summed E-state index contributed by atoms with van der Waals surface area (Å²) in [6.45, 7) is 0.160. The van der Waals surface area contributed by atoms with E-state index in [1.165, 1.54) is 36.4 Å². The largest absolute Gasteiger partial charge is 0.452 e. The van der Waals surface area contributed by atoms with Crippen molar-refractivity contribution in [3.63, 3.8) is 0 Å². The lowest BCUT2D eigenvalue weighted by Gasteiger charge is -2.15. The Bertz CT molecular complexity index is 908. The Morgan fingerprint density at radius 2 is 1.79 bits per heavy atom. The Morgan fingerprint density at radius 3 is 2.36 bits per heavy atom. The molecule has 1 aliphatic rings. The van der Waals surface area contributed by atoms with Gasteiger partial charge in [-0.2, -0.15) is 0 Å². The second-order valence-electron chi connectivity index (χ2n) is 6.12. The fraction of sp³-hybridized carbons (Fsp3) is 0.211. The van der Waals surface area contributed by atoms with Crippen LogP contribution in [0.3, 0.4) is 0 Å². The third kappa shape index (κ3) is 4.50. The van der Waals surface area contributed by atoms with Crippen molar-refractivity contribution in [2.24, 2.45) is 0 Å². The van der Waals surface area contributed by atoms with Gasteiger partial charge < -0.3 is 15.0 Å². The standard InChI is InChI=1S/C19H17N3O6/c23-17(20-14-5-9-16(10-6-14)22(26)27)12-28-19(25)13-3-7-15(8-4-13)21-11-1-2-18(21)24/h3-10H,1-2,11-12H2,(H,20,23). The lowest BCUT2D eigenvalue weighted by Crippen LogP contribution is -2.23. The number of benzene rings is 2. The average molecular weight is 383 g/mol. The SMILES string of the molecule is O=C(COC(=O)c1ccc(N2CCCC2=O)cc1)Nc1ccc([N+](=O)[O-])cc1. The van der Waals surface area contributed by atoms with Gasteiger partial charge in [0.25, 0.3) is 11.6 Å². The minimum absolute atomic E-state index is 0.0539. The molecule has 0 aromatic heterocycles. The third-order valence-electron chi connectivity index (χ3n) is 4.18. The second kappa shape index (κ2) is 8.30. The minimum atomic E-state index is -0.668. The fourth-order valence-electron chi connectivity index (χ4n) is 2.78. The number of amides is 2. The van der Waals surface area contributed by atoms with Gasteiger partial charge in [-0.25, -0.2) is 4.79 Å². The number of ether oxygens (including phenoxy) is 1. The van der Waals surface area contributed by atoms with Crippen LogP contribution in [0, 0.1) is 10.1 Å². The number of carbonyl (C=O) groups excluding carboxylic acids is 3. The van der Waals surface area contributed by atoms with E-state index in [9.17, 15) is 24.5 Å². The molecular formula is C19H17N3O6. The van der Waals surface area contributed by atoms with Crippen molar-refractivity contribution >= 4 is 34.8 Å². The zero-order valence-electron chi connectivity index (χ0n) is 14.8. The lowest BCUT2D eigenvalue weighted by molar-refractivity contribution is -0.384. The zero-order chi connectivity index (χ0) is 20.1. The van der Waals surface area contributed by atoms with Crippen molar-refractivity contribution in [2.45, 2.75) is 12.8 Å². The quantitative estimate of drug-likeness (QED) is 0.465. The summed E-state index contributed by atoms with van der Waals surface area (Å²) in [4.78, 5) is 47.4. The van der Waals surface area contributed by atoms with Crippen molar-refractivity contribution in [1.29, 1.82) is 0 Å². The van der Waals surface area contributed by atoms with Gasteiger partial charge in [0.15, 0.2) is 6.61 Å². The maximum atomic E-state index is 12.1. The predicted molar refractivity (Wildman–Crippen MR) is 100 cm³/mol. The summed E-state index contributed by atoms with van der Waals surface area (Å²) in [6, 6.07) is 11.7. The second-order valence-corrected chi connectivity index (χ2v) is 6.12. The molecule has 1 saturated heterocycles. The lowest BCUT2D eigenvalue weighted by atomic mass is 10.2. The molecule has 0 radical (unpaired) electrons. The molecule has 1 aliphatic heterocycles. The first-order chi connectivity index (χ1) is 13.4. The first kappa shape index (κ1) is 19.0. The molecule has 3 rings (SSSR count). The topological polar surface area (TPSA) is 119 Å². The number of anilines is 2. The molecule has 9 heteroatoms. The van der Waals surface area contributed by atoms with Crippen LogP contribution in [0.15, 0.2) is 48.5 Å². The molecule has 2 aromatic carbocycles. The van der Waals surface area contributed by atoms with E-state index >= 15 is 0 Å². The van der Waals surface area contributed by atoms with Gasteiger partial charge >= 0.3 is 5.97 Å².